The Morgan fingerprint density at radius 1 is 1.30 bits per heavy atom. The molecule has 2 aromatic rings. The van der Waals surface area contributed by atoms with E-state index in [9.17, 15) is 9.59 Å². The molecule has 0 fully saturated rings. The lowest BCUT2D eigenvalue weighted by atomic mass is 10.0. The minimum Gasteiger partial charge on any atom is -0.467 e. The van der Waals surface area contributed by atoms with Gasteiger partial charge in [-0.15, -0.1) is 0 Å². The van der Waals surface area contributed by atoms with Crippen LogP contribution in [0.4, 0.5) is 0 Å². The van der Waals surface area contributed by atoms with Crippen molar-refractivity contribution in [2.45, 2.75) is 31.7 Å². The fourth-order valence-corrected chi connectivity index (χ4v) is 2.90. The van der Waals surface area contributed by atoms with Gasteiger partial charge >= 0.3 is 5.97 Å². The second-order valence-electron chi connectivity index (χ2n) is 5.35. The molecule has 1 heterocycles. The predicted molar refractivity (Wildman–Crippen MR) is 93.6 cm³/mol. The van der Waals surface area contributed by atoms with Gasteiger partial charge in [0.2, 0.25) is 5.91 Å². The maximum atomic E-state index is 12.0. The quantitative estimate of drug-likeness (QED) is 0.420. The van der Waals surface area contributed by atoms with Gasteiger partial charge in [-0.2, -0.15) is 0 Å². The van der Waals surface area contributed by atoms with Gasteiger partial charge in [0.15, 0.2) is 0 Å². The number of fused-ring (bicyclic) bond motifs is 1. The first-order valence-electron chi connectivity index (χ1n) is 7.64. The third kappa shape index (κ3) is 4.82. The fraction of sp³-hybridized carbons (Fsp3) is 0.412. The van der Waals surface area contributed by atoms with E-state index in [-0.39, 0.29) is 5.91 Å². The first-order chi connectivity index (χ1) is 11.2. The normalized spacial score (nSPS) is 12.1. The van der Waals surface area contributed by atoms with Crippen LogP contribution < -0.4 is 5.32 Å². The number of amides is 1. The van der Waals surface area contributed by atoms with E-state index >= 15 is 0 Å². The van der Waals surface area contributed by atoms with Crippen LogP contribution in [0.25, 0.3) is 10.9 Å². The van der Waals surface area contributed by atoms with Crippen molar-refractivity contribution in [3.63, 3.8) is 0 Å². The lowest BCUT2D eigenvalue weighted by molar-refractivity contribution is -0.145. The van der Waals surface area contributed by atoms with Crippen molar-refractivity contribution in [2.24, 2.45) is 0 Å². The highest BCUT2D eigenvalue weighted by molar-refractivity contribution is 9.09. The van der Waals surface area contributed by atoms with Crippen molar-refractivity contribution < 1.29 is 14.3 Å². The molecule has 0 radical (unpaired) electrons. The van der Waals surface area contributed by atoms with E-state index in [0.29, 0.717) is 12.8 Å². The van der Waals surface area contributed by atoms with Crippen molar-refractivity contribution in [2.75, 3.05) is 12.4 Å². The summed E-state index contributed by atoms with van der Waals surface area (Å²) >= 11 is 3.34. The van der Waals surface area contributed by atoms with Gasteiger partial charge in [-0.3, -0.25) is 4.79 Å². The Balaban J connectivity index is 2.06. The Hall–Kier alpha value is -1.82. The van der Waals surface area contributed by atoms with Crippen LogP contribution in [-0.4, -0.2) is 35.3 Å². The summed E-state index contributed by atoms with van der Waals surface area (Å²) in [5, 5.41) is 4.71. The number of methoxy groups -OCH3 is 1. The Bertz CT molecular complexity index is 669. The van der Waals surface area contributed by atoms with Crippen molar-refractivity contribution in [1.82, 2.24) is 10.3 Å². The number of nitrogens with one attached hydrogen (secondary N) is 2. The first kappa shape index (κ1) is 17.5. The standard InChI is InChI=1S/C17H21BrN2O3/c1-23-17(22)15(20-16(21)8-4-5-9-18)10-12-11-19-14-7-3-2-6-13(12)14/h2-3,6-7,11,15,19H,4-5,8-10H2,1H3,(H,20,21)/t15-/m0/s1. The summed E-state index contributed by atoms with van der Waals surface area (Å²) < 4.78 is 4.83. The second kappa shape index (κ2) is 8.72. The number of carbonyl (C=O) groups is 2. The highest BCUT2D eigenvalue weighted by Crippen LogP contribution is 2.19. The summed E-state index contributed by atoms with van der Waals surface area (Å²) in [7, 11) is 1.33. The van der Waals surface area contributed by atoms with Crippen LogP contribution >= 0.6 is 15.9 Å². The largest absolute Gasteiger partial charge is 0.467 e. The number of alkyl halides is 1. The van der Waals surface area contributed by atoms with Crippen LogP contribution in [0.3, 0.4) is 0 Å². The molecule has 124 valence electrons. The van der Waals surface area contributed by atoms with Crippen LogP contribution in [0, 0.1) is 0 Å². The van der Waals surface area contributed by atoms with Crippen LogP contribution in [0.5, 0.6) is 0 Å². The molecule has 0 unspecified atom stereocenters. The van der Waals surface area contributed by atoms with Crippen molar-refractivity contribution in [3.05, 3.63) is 36.0 Å². The third-order valence-corrected chi connectivity index (χ3v) is 4.27. The monoisotopic (exact) mass is 380 g/mol. The molecule has 0 bridgehead atoms. The van der Waals surface area contributed by atoms with Gasteiger partial charge < -0.3 is 15.0 Å². The Morgan fingerprint density at radius 2 is 2.09 bits per heavy atom. The van der Waals surface area contributed by atoms with Gasteiger partial charge in [0, 0.05) is 35.3 Å². The summed E-state index contributed by atoms with van der Waals surface area (Å²) in [6.45, 7) is 0. The van der Waals surface area contributed by atoms with E-state index in [4.69, 9.17) is 4.74 Å². The van der Waals surface area contributed by atoms with E-state index in [0.717, 1.165) is 34.6 Å². The zero-order valence-corrected chi connectivity index (χ0v) is 14.7. The molecule has 5 nitrogen and oxygen atoms in total. The number of unbranched alkanes of at least 4 members (excludes halogenated alkanes) is 1. The van der Waals surface area contributed by atoms with E-state index in [1.54, 1.807) is 0 Å². The molecular weight excluding hydrogens is 360 g/mol. The van der Waals surface area contributed by atoms with Crippen LogP contribution in [0.2, 0.25) is 0 Å². The van der Waals surface area contributed by atoms with Crippen LogP contribution in [0.15, 0.2) is 30.5 Å². The molecule has 1 amide bonds. The second-order valence-corrected chi connectivity index (χ2v) is 6.15. The van der Waals surface area contributed by atoms with Gasteiger partial charge in [0.1, 0.15) is 6.04 Å². The molecule has 0 spiro atoms. The van der Waals surface area contributed by atoms with E-state index in [2.05, 4.69) is 26.2 Å². The van der Waals surface area contributed by atoms with Gasteiger partial charge in [-0.05, 0) is 24.5 Å². The molecule has 0 aliphatic heterocycles. The minimum atomic E-state index is -0.671. The maximum Gasteiger partial charge on any atom is 0.328 e. The van der Waals surface area contributed by atoms with Gasteiger partial charge in [0.05, 0.1) is 7.11 Å². The molecule has 1 atom stereocenters. The molecule has 1 aromatic heterocycles. The minimum absolute atomic E-state index is 0.124. The summed E-state index contributed by atoms with van der Waals surface area (Å²) in [6, 6.07) is 7.20. The average molecular weight is 381 g/mol. The predicted octanol–water partition coefficient (Wildman–Crippen LogP) is 2.93. The molecule has 0 saturated heterocycles. The van der Waals surface area contributed by atoms with Gasteiger partial charge in [0.25, 0.3) is 0 Å². The Morgan fingerprint density at radius 3 is 2.83 bits per heavy atom. The molecule has 2 rings (SSSR count). The van der Waals surface area contributed by atoms with Gasteiger partial charge in [-0.25, -0.2) is 4.79 Å². The average Bonchev–Trinajstić information content (AvgIpc) is 2.97. The third-order valence-electron chi connectivity index (χ3n) is 3.71. The Kier molecular flexibility index (Phi) is 6.65. The summed E-state index contributed by atoms with van der Waals surface area (Å²) in [4.78, 5) is 27.2. The number of carbonyl (C=O) groups excluding carboxylic acids is 2. The summed E-state index contributed by atoms with van der Waals surface area (Å²) in [6.07, 6.45) is 4.41. The molecule has 0 aliphatic carbocycles. The Labute approximate surface area is 143 Å². The maximum absolute atomic E-state index is 12.0. The summed E-state index contributed by atoms with van der Waals surface area (Å²) in [5.74, 6) is -0.551. The number of hydrogen-bond donors (Lipinski definition) is 2. The number of H-pyrrole nitrogens is 1. The lowest BCUT2D eigenvalue weighted by Crippen LogP contribution is -2.43. The molecular formula is C17H21BrN2O3. The van der Waals surface area contributed by atoms with Crippen molar-refractivity contribution in [3.8, 4) is 0 Å². The fourth-order valence-electron chi connectivity index (χ4n) is 2.50. The molecule has 23 heavy (non-hydrogen) atoms. The molecule has 1 aromatic carbocycles. The number of aromatic amines is 1. The van der Waals surface area contributed by atoms with Gasteiger partial charge in [-0.1, -0.05) is 34.1 Å². The summed E-state index contributed by atoms with van der Waals surface area (Å²) in [5.41, 5.74) is 1.99. The molecule has 0 aliphatic rings. The highest BCUT2D eigenvalue weighted by Gasteiger charge is 2.23. The van der Waals surface area contributed by atoms with Crippen LogP contribution in [0.1, 0.15) is 24.8 Å². The topological polar surface area (TPSA) is 71.2 Å². The number of halogens is 1. The number of rotatable bonds is 8. The van der Waals surface area contributed by atoms with Crippen molar-refractivity contribution in [1.29, 1.82) is 0 Å². The number of para-hydroxylation sites is 1. The number of hydrogen-bond acceptors (Lipinski definition) is 3. The van der Waals surface area contributed by atoms with E-state index in [1.807, 2.05) is 30.5 Å². The number of benzene rings is 1. The van der Waals surface area contributed by atoms with E-state index in [1.165, 1.54) is 7.11 Å². The highest BCUT2D eigenvalue weighted by atomic mass is 79.9. The number of aromatic nitrogens is 1. The number of ether oxygens (including phenoxy) is 1. The smallest absolute Gasteiger partial charge is 0.328 e. The molecule has 0 saturated carbocycles. The van der Waals surface area contributed by atoms with Crippen LogP contribution in [-0.2, 0) is 20.7 Å². The molecule has 2 N–H and O–H groups in total. The lowest BCUT2D eigenvalue weighted by Gasteiger charge is -2.16. The SMILES string of the molecule is COC(=O)[C@H](Cc1c[nH]c2ccccc12)NC(=O)CCCCBr. The van der Waals surface area contributed by atoms with Crippen molar-refractivity contribution >= 4 is 38.7 Å². The molecule has 6 heteroatoms. The number of esters is 1. The van der Waals surface area contributed by atoms with E-state index < -0.39 is 12.0 Å². The zero-order chi connectivity index (χ0) is 16.7. The first-order valence-corrected chi connectivity index (χ1v) is 8.76. The zero-order valence-electron chi connectivity index (χ0n) is 13.1.